The first-order valence-corrected chi connectivity index (χ1v) is 7.00. The highest BCUT2D eigenvalue weighted by atomic mass is 16.2. The van der Waals surface area contributed by atoms with Crippen molar-refractivity contribution in [1.29, 1.82) is 0 Å². The average molecular weight is 266 g/mol. The van der Waals surface area contributed by atoms with Crippen LogP contribution >= 0.6 is 0 Å². The summed E-state index contributed by atoms with van der Waals surface area (Å²) in [6, 6.07) is 19.7. The first-order valence-electron chi connectivity index (χ1n) is 7.00. The van der Waals surface area contributed by atoms with E-state index in [1.54, 1.807) is 0 Å². The van der Waals surface area contributed by atoms with Crippen LogP contribution in [0.15, 0.2) is 60.7 Å². The van der Waals surface area contributed by atoms with Gasteiger partial charge in [-0.15, -0.1) is 0 Å². The van der Waals surface area contributed by atoms with Crippen LogP contribution in [0, 0.1) is 5.92 Å². The highest BCUT2D eigenvalue weighted by Gasteiger charge is 2.33. The summed E-state index contributed by atoms with van der Waals surface area (Å²) in [5.74, 6) is 0.568. The van der Waals surface area contributed by atoms with E-state index in [4.69, 9.17) is 0 Å². The van der Waals surface area contributed by atoms with Crippen LogP contribution in [0.4, 0.5) is 10.5 Å². The Bertz CT molecular complexity index is 564. The van der Waals surface area contributed by atoms with Crippen LogP contribution in [-0.2, 0) is 0 Å². The van der Waals surface area contributed by atoms with Crippen molar-refractivity contribution in [2.24, 2.45) is 5.92 Å². The maximum atomic E-state index is 12.1. The summed E-state index contributed by atoms with van der Waals surface area (Å²) in [5, 5.41) is 5.97. The molecule has 0 heterocycles. The van der Waals surface area contributed by atoms with Gasteiger partial charge in [0.2, 0.25) is 0 Å². The number of para-hydroxylation sites is 1. The Morgan fingerprint density at radius 3 is 2.15 bits per heavy atom. The van der Waals surface area contributed by atoms with E-state index in [1.165, 1.54) is 18.4 Å². The van der Waals surface area contributed by atoms with Crippen molar-refractivity contribution in [3.8, 4) is 0 Å². The number of hydrogen-bond donors (Lipinski definition) is 2. The maximum absolute atomic E-state index is 12.1. The van der Waals surface area contributed by atoms with Gasteiger partial charge in [-0.05, 0) is 36.5 Å². The fourth-order valence-electron chi connectivity index (χ4n) is 2.39. The molecule has 3 nitrogen and oxygen atoms in total. The van der Waals surface area contributed by atoms with E-state index >= 15 is 0 Å². The Morgan fingerprint density at radius 1 is 0.950 bits per heavy atom. The predicted molar refractivity (Wildman–Crippen MR) is 80.5 cm³/mol. The largest absolute Gasteiger partial charge is 0.331 e. The van der Waals surface area contributed by atoms with Crippen molar-refractivity contribution in [3.05, 3.63) is 66.2 Å². The van der Waals surface area contributed by atoms with Gasteiger partial charge in [0, 0.05) is 5.69 Å². The van der Waals surface area contributed by atoms with Gasteiger partial charge in [-0.25, -0.2) is 4.79 Å². The average Bonchev–Trinajstić information content (AvgIpc) is 3.31. The third-order valence-corrected chi connectivity index (χ3v) is 3.57. The van der Waals surface area contributed by atoms with E-state index in [9.17, 15) is 4.79 Å². The number of amides is 2. The van der Waals surface area contributed by atoms with E-state index in [2.05, 4.69) is 22.8 Å². The summed E-state index contributed by atoms with van der Waals surface area (Å²) >= 11 is 0. The number of hydrogen-bond acceptors (Lipinski definition) is 1. The first kappa shape index (κ1) is 12.7. The second-order valence-corrected chi connectivity index (χ2v) is 5.19. The Kier molecular flexibility index (Phi) is 3.68. The second kappa shape index (κ2) is 5.78. The molecule has 3 heteroatoms. The van der Waals surface area contributed by atoms with E-state index in [0.717, 1.165) is 5.69 Å². The quantitative estimate of drug-likeness (QED) is 0.864. The third kappa shape index (κ3) is 3.18. The number of rotatable bonds is 4. The zero-order chi connectivity index (χ0) is 13.8. The molecule has 1 saturated carbocycles. The number of urea groups is 1. The van der Waals surface area contributed by atoms with Crippen LogP contribution < -0.4 is 10.6 Å². The minimum Gasteiger partial charge on any atom is -0.331 e. The molecular weight excluding hydrogens is 248 g/mol. The summed E-state index contributed by atoms with van der Waals surface area (Å²) in [6.07, 6.45) is 2.37. The number of anilines is 1. The summed E-state index contributed by atoms with van der Waals surface area (Å²) in [5.41, 5.74) is 1.99. The Morgan fingerprint density at radius 2 is 1.55 bits per heavy atom. The van der Waals surface area contributed by atoms with Crippen LogP contribution in [0.2, 0.25) is 0 Å². The highest BCUT2D eigenvalue weighted by Crippen LogP contribution is 2.40. The number of carbonyl (C=O) groups excluding carboxylic acids is 1. The number of benzene rings is 2. The lowest BCUT2D eigenvalue weighted by Gasteiger charge is -2.19. The maximum Gasteiger partial charge on any atom is 0.319 e. The molecule has 1 unspecified atom stereocenters. The summed E-state index contributed by atoms with van der Waals surface area (Å²) in [6.45, 7) is 0. The van der Waals surface area contributed by atoms with Crippen molar-refractivity contribution in [2.75, 3.05) is 5.32 Å². The van der Waals surface area contributed by atoms with Gasteiger partial charge in [0.15, 0.2) is 0 Å². The molecule has 1 atom stereocenters. The van der Waals surface area contributed by atoms with Crippen molar-refractivity contribution in [2.45, 2.75) is 18.9 Å². The molecule has 2 aromatic carbocycles. The molecule has 2 amide bonds. The second-order valence-electron chi connectivity index (χ2n) is 5.19. The fourth-order valence-corrected chi connectivity index (χ4v) is 2.39. The molecule has 1 fully saturated rings. The van der Waals surface area contributed by atoms with Crippen LogP contribution in [0.25, 0.3) is 0 Å². The van der Waals surface area contributed by atoms with Crippen molar-refractivity contribution in [1.82, 2.24) is 5.32 Å². The summed E-state index contributed by atoms with van der Waals surface area (Å²) < 4.78 is 0. The molecule has 0 aromatic heterocycles. The molecule has 0 saturated heterocycles. The monoisotopic (exact) mass is 266 g/mol. The van der Waals surface area contributed by atoms with Crippen LogP contribution in [0.5, 0.6) is 0 Å². The molecule has 0 radical (unpaired) electrons. The van der Waals surface area contributed by atoms with Gasteiger partial charge in [0.05, 0.1) is 6.04 Å². The van der Waals surface area contributed by atoms with Crippen molar-refractivity contribution >= 4 is 11.7 Å². The zero-order valence-corrected chi connectivity index (χ0v) is 11.3. The first-order chi connectivity index (χ1) is 9.83. The summed E-state index contributed by atoms with van der Waals surface area (Å²) in [4.78, 5) is 12.1. The van der Waals surface area contributed by atoms with E-state index < -0.39 is 0 Å². The highest BCUT2D eigenvalue weighted by molar-refractivity contribution is 5.89. The molecular formula is C17H18N2O. The number of carbonyl (C=O) groups is 1. The topological polar surface area (TPSA) is 41.1 Å². The fraction of sp³-hybridized carbons (Fsp3) is 0.235. The van der Waals surface area contributed by atoms with E-state index in [-0.39, 0.29) is 12.1 Å². The summed E-state index contributed by atoms with van der Waals surface area (Å²) in [7, 11) is 0. The van der Waals surface area contributed by atoms with Crippen LogP contribution in [0.3, 0.4) is 0 Å². The molecule has 20 heavy (non-hydrogen) atoms. The van der Waals surface area contributed by atoms with E-state index in [0.29, 0.717) is 5.92 Å². The normalized spacial score (nSPS) is 15.4. The smallest absolute Gasteiger partial charge is 0.319 e. The Labute approximate surface area is 119 Å². The predicted octanol–water partition coefficient (Wildman–Crippen LogP) is 3.96. The lowest BCUT2D eigenvalue weighted by molar-refractivity contribution is 0.247. The number of nitrogens with one attached hydrogen (secondary N) is 2. The standard InChI is InChI=1S/C17H18N2O/c20-17(18-15-9-5-2-6-10-15)19-16(14-11-12-14)13-7-3-1-4-8-13/h1-10,14,16H,11-12H2,(H2,18,19,20). The Balaban J connectivity index is 1.67. The zero-order valence-electron chi connectivity index (χ0n) is 11.3. The molecule has 102 valence electrons. The molecule has 1 aliphatic rings. The SMILES string of the molecule is O=C(Nc1ccccc1)NC(c1ccccc1)C1CC1. The van der Waals surface area contributed by atoms with Gasteiger partial charge in [0.25, 0.3) is 0 Å². The van der Waals surface area contributed by atoms with Crippen molar-refractivity contribution in [3.63, 3.8) is 0 Å². The third-order valence-electron chi connectivity index (χ3n) is 3.57. The van der Waals surface area contributed by atoms with Crippen LogP contribution in [-0.4, -0.2) is 6.03 Å². The minimum atomic E-state index is -0.142. The molecule has 2 aromatic rings. The minimum absolute atomic E-state index is 0.111. The van der Waals surface area contributed by atoms with Gasteiger partial charge in [0.1, 0.15) is 0 Å². The van der Waals surface area contributed by atoms with Gasteiger partial charge < -0.3 is 10.6 Å². The lowest BCUT2D eigenvalue weighted by atomic mass is 10.0. The molecule has 0 bridgehead atoms. The molecule has 0 aliphatic heterocycles. The van der Waals surface area contributed by atoms with Crippen LogP contribution in [0.1, 0.15) is 24.4 Å². The van der Waals surface area contributed by atoms with E-state index in [1.807, 2.05) is 48.5 Å². The Hall–Kier alpha value is -2.29. The van der Waals surface area contributed by atoms with Gasteiger partial charge in [-0.2, -0.15) is 0 Å². The molecule has 1 aliphatic carbocycles. The van der Waals surface area contributed by atoms with Gasteiger partial charge in [-0.3, -0.25) is 0 Å². The van der Waals surface area contributed by atoms with Gasteiger partial charge >= 0.3 is 6.03 Å². The van der Waals surface area contributed by atoms with Crippen molar-refractivity contribution < 1.29 is 4.79 Å². The lowest BCUT2D eigenvalue weighted by Crippen LogP contribution is -2.33. The van der Waals surface area contributed by atoms with Gasteiger partial charge in [-0.1, -0.05) is 48.5 Å². The molecule has 2 N–H and O–H groups in total. The molecule has 0 spiro atoms. The molecule has 3 rings (SSSR count).